The Morgan fingerprint density at radius 2 is 1.18 bits per heavy atom. The van der Waals surface area contributed by atoms with E-state index >= 15 is 0 Å². The van der Waals surface area contributed by atoms with E-state index in [2.05, 4.69) is 93.3 Å². The average Bonchev–Trinajstić information content (AvgIpc) is 2.85. The van der Waals surface area contributed by atoms with Gasteiger partial charge in [-0.1, -0.05) is 107 Å². The molecule has 33 heavy (non-hydrogen) atoms. The fourth-order valence-corrected chi connectivity index (χ4v) is 7.23. The van der Waals surface area contributed by atoms with Crippen LogP contribution in [0, 0.1) is 17.8 Å². The maximum absolute atomic E-state index is 6.78. The quantitative estimate of drug-likeness (QED) is 0.153. The van der Waals surface area contributed by atoms with Crippen LogP contribution in [0.15, 0.2) is 60.7 Å². The predicted molar refractivity (Wildman–Crippen MR) is 144 cm³/mol. The fourth-order valence-electron chi connectivity index (χ4n) is 4.02. The van der Waals surface area contributed by atoms with Crippen LogP contribution in [-0.2, 0) is 8.85 Å². The summed E-state index contributed by atoms with van der Waals surface area (Å²) in [5.41, 5.74) is 0. The Hall–Kier alpha value is -1.86. The summed E-state index contributed by atoms with van der Waals surface area (Å²) >= 11 is 0. The molecule has 0 saturated heterocycles. The van der Waals surface area contributed by atoms with Crippen LogP contribution < -0.4 is 10.4 Å². The number of rotatable bonds is 16. The highest BCUT2D eigenvalue weighted by molar-refractivity contribution is 6.92. The first kappa shape index (κ1) is 27.4. The molecule has 2 aromatic rings. The van der Waals surface area contributed by atoms with Crippen LogP contribution in [0.1, 0.15) is 85.0 Å². The summed E-state index contributed by atoms with van der Waals surface area (Å²) in [6.07, 6.45) is 11.6. The first-order valence-corrected chi connectivity index (χ1v) is 14.9. The molecule has 2 nitrogen and oxygen atoms in total. The van der Waals surface area contributed by atoms with E-state index in [9.17, 15) is 0 Å². The van der Waals surface area contributed by atoms with Crippen LogP contribution in [0.4, 0.5) is 0 Å². The molecular formula is C30H44O2Si. The van der Waals surface area contributed by atoms with Crippen molar-refractivity contribution in [3.05, 3.63) is 60.7 Å². The van der Waals surface area contributed by atoms with Crippen LogP contribution in [-0.4, -0.2) is 21.8 Å². The van der Waals surface area contributed by atoms with Gasteiger partial charge in [-0.15, -0.1) is 11.8 Å². The molecule has 0 unspecified atom stereocenters. The molecule has 2 aromatic carbocycles. The monoisotopic (exact) mass is 464 g/mol. The highest BCUT2D eigenvalue weighted by Crippen LogP contribution is 2.15. The van der Waals surface area contributed by atoms with Crippen LogP contribution in [0.25, 0.3) is 0 Å². The first-order chi connectivity index (χ1) is 16.2. The van der Waals surface area contributed by atoms with E-state index in [0.717, 1.165) is 38.9 Å². The van der Waals surface area contributed by atoms with Crippen molar-refractivity contribution in [2.75, 3.05) is 13.2 Å². The van der Waals surface area contributed by atoms with Crippen LogP contribution >= 0.6 is 0 Å². The van der Waals surface area contributed by atoms with Crippen molar-refractivity contribution >= 4 is 18.9 Å². The second kappa shape index (κ2) is 16.7. The van der Waals surface area contributed by atoms with Crippen molar-refractivity contribution in [3.8, 4) is 11.8 Å². The van der Waals surface area contributed by atoms with Crippen molar-refractivity contribution in [2.45, 2.75) is 85.0 Å². The van der Waals surface area contributed by atoms with Gasteiger partial charge in [0.25, 0.3) is 0 Å². The lowest BCUT2D eigenvalue weighted by molar-refractivity contribution is 0.183. The Labute approximate surface area is 204 Å². The van der Waals surface area contributed by atoms with E-state index < -0.39 is 8.56 Å². The Kier molecular flexibility index (Phi) is 13.9. The Morgan fingerprint density at radius 1 is 0.667 bits per heavy atom. The molecule has 0 aromatic heterocycles. The highest BCUT2D eigenvalue weighted by atomic mass is 28.4. The minimum Gasteiger partial charge on any atom is -0.388 e. The minimum atomic E-state index is -2.73. The van der Waals surface area contributed by atoms with Crippen molar-refractivity contribution < 1.29 is 8.85 Å². The summed E-state index contributed by atoms with van der Waals surface area (Å²) in [5.74, 6) is 7.09. The summed E-state index contributed by atoms with van der Waals surface area (Å²) in [7, 11) is -2.73. The van der Waals surface area contributed by atoms with Gasteiger partial charge in [0.2, 0.25) is 0 Å². The molecule has 0 fully saturated rings. The van der Waals surface area contributed by atoms with Gasteiger partial charge < -0.3 is 8.85 Å². The van der Waals surface area contributed by atoms with Gasteiger partial charge in [-0.2, -0.15) is 0 Å². The third-order valence-corrected chi connectivity index (χ3v) is 9.25. The molecule has 0 atom stereocenters. The zero-order valence-corrected chi connectivity index (χ0v) is 22.2. The number of hydrogen-bond donors (Lipinski definition) is 0. The summed E-state index contributed by atoms with van der Waals surface area (Å²) in [6.45, 7) is 8.15. The summed E-state index contributed by atoms with van der Waals surface area (Å²) in [6, 6.07) is 21.3. The fraction of sp³-hybridized carbons (Fsp3) is 0.533. The number of unbranched alkanes of at least 4 members (excludes halogenated alkanes) is 6. The van der Waals surface area contributed by atoms with Gasteiger partial charge in [-0.25, -0.2) is 0 Å². The zero-order chi connectivity index (χ0) is 23.6. The molecule has 2 rings (SSSR count). The van der Waals surface area contributed by atoms with Gasteiger partial charge >= 0.3 is 8.56 Å². The van der Waals surface area contributed by atoms with E-state index in [1.165, 1.54) is 48.9 Å². The van der Waals surface area contributed by atoms with Gasteiger partial charge in [-0.3, -0.25) is 0 Å². The summed E-state index contributed by atoms with van der Waals surface area (Å²) in [5, 5.41) is 2.41. The van der Waals surface area contributed by atoms with Crippen molar-refractivity contribution in [1.29, 1.82) is 0 Å². The third kappa shape index (κ3) is 10.3. The topological polar surface area (TPSA) is 18.5 Å². The molecule has 0 saturated carbocycles. The molecular weight excluding hydrogens is 420 g/mol. The lowest BCUT2D eigenvalue weighted by Crippen LogP contribution is -2.63. The smallest absolute Gasteiger partial charge is 0.388 e. The van der Waals surface area contributed by atoms with Crippen molar-refractivity contribution in [2.24, 2.45) is 5.92 Å². The molecule has 0 N–H and O–H groups in total. The Bertz CT molecular complexity index is 753. The first-order valence-electron chi connectivity index (χ1n) is 13.0. The maximum Gasteiger partial charge on any atom is 0.407 e. The van der Waals surface area contributed by atoms with Gasteiger partial charge in [0, 0.05) is 26.1 Å². The second-order valence-corrected chi connectivity index (χ2v) is 12.1. The van der Waals surface area contributed by atoms with Crippen LogP contribution in [0.2, 0.25) is 0 Å². The molecule has 180 valence electrons. The lowest BCUT2D eigenvalue weighted by atomic mass is 10.1. The molecule has 0 aliphatic rings. The van der Waals surface area contributed by atoms with E-state index in [-0.39, 0.29) is 0 Å². The second-order valence-electron chi connectivity index (χ2n) is 9.16. The van der Waals surface area contributed by atoms with Crippen LogP contribution in [0.5, 0.6) is 0 Å². The molecule has 3 heteroatoms. The molecule has 0 aliphatic carbocycles. The normalized spacial score (nSPS) is 11.4. The van der Waals surface area contributed by atoms with E-state index in [1.807, 2.05) is 0 Å². The standard InChI is InChI=1S/C30H44O2Si/c1-4-5-6-7-8-9-10-11-12-19-26-31-33(29-22-15-13-16-23-29,30-24-17-14-18-25-30)32-27-20-21-28(2)3/h13-18,22-25,28H,4,7-12,19-21,26-27H2,1-3H3. The molecule has 0 heterocycles. The number of benzene rings is 2. The largest absolute Gasteiger partial charge is 0.407 e. The van der Waals surface area contributed by atoms with Crippen molar-refractivity contribution in [3.63, 3.8) is 0 Å². The minimum absolute atomic E-state index is 0.692. The van der Waals surface area contributed by atoms with E-state index in [4.69, 9.17) is 8.85 Å². The molecule has 0 amide bonds. The Morgan fingerprint density at radius 3 is 1.73 bits per heavy atom. The van der Waals surface area contributed by atoms with Crippen molar-refractivity contribution in [1.82, 2.24) is 0 Å². The predicted octanol–water partition coefficient (Wildman–Crippen LogP) is 6.86. The van der Waals surface area contributed by atoms with E-state index in [1.54, 1.807) is 0 Å². The van der Waals surface area contributed by atoms with Gasteiger partial charge in [0.05, 0.1) is 0 Å². The van der Waals surface area contributed by atoms with E-state index in [0.29, 0.717) is 5.92 Å². The average molecular weight is 465 g/mol. The van der Waals surface area contributed by atoms with Gasteiger partial charge in [0.1, 0.15) is 0 Å². The Balaban J connectivity index is 1.96. The zero-order valence-electron chi connectivity index (χ0n) is 21.2. The lowest BCUT2D eigenvalue weighted by Gasteiger charge is -2.32. The molecule has 0 radical (unpaired) electrons. The van der Waals surface area contributed by atoms with Gasteiger partial charge in [-0.05, 0) is 42.0 Å². The molecule has 0 bridgehead atoms. The molecule has 0 spiro atoms. The maximum atomic E-state index is 6.78. The number of hydrogen-bond acceptors (Lipinski definition) is 2. The summed E-state index contributed by atoms with van der Waals surface area (Å²) < 4.78 is 13.5. The summed E-state index contributed by atoms with van der Waals surface area (Å²) in [4.78, 5) is 0. The van der Waals surface area contributed by atoms with Gasteiger partial charge in [0.15, 0.2) is 0 Å². The highest BCUT2D eigenvalue weighted by Gasteiger charge is 2.42. The van der Waals surface area contributed by atoms with Crippen LogP contribution in [0.3, 0.4) is 0 Å². The molecule has 0 aliphatic heterocycles. The third-order valence-electron chi connectivity index (χ3n) is 5.84. The SMILES string of the molecule is CCC#CCCCCCCCCO[Si](OCCCC(C)C)(c1ccccc1)c1ccccc1.